The van der Waals surface area contributed by atoms with Gasteiger partial charge >= 0.3 is 0 Å². The fourth-order valence-corrected chi connectivity index (χ4v) is 1.17. The molecule has 0 amide bonds. The Balaban J connectivity index is 2.51. The molecule has 2 aromatic rings. The van der Waals surface area contributed by atoms with Crippen molar-refractivity contribution in [3.8, 4) is 11.3 Å². The molecule has 0 aliphatic carbocycles. The van der Waals surface area contributed by atoms with Crippen molar-refractivity contribution in [1.82, 2.24) is 15.0 Å². The first kappa shape index (κ1) is 7.03. The van der Waals surface area contributed by atoms with E-state index in [0.717, 1.165) is 17.0 Å². The molecule has 0 saturated carbocycles. The van der Waals surface area contributed by atoms with Gasteiger partial charge in [0.15, 0.2) is 0 Å². The molecular formula is C9H9N3. The van der Waals surface area contributed by atoms with Crippen LogP contribution in [0.2, 0.25) is 0 Å². The number of imidazole rings is 1. The van der Waals surface area contributed by atoms with E-state index in [1.54, 1.807) is 12.5 Å². The van der Waals surface area contributed by atoms with Crippen LogP contribution in [0.3, 0.4) is 0 Å². The summed E-state index contributed by atoms with van der Waals surface area (Å²) in [6.45, 7) is 1.97. The lowest BCUT2D eigenvalue weighted by Gasteiger charge is -1.96. The molecule has 0 saturated heterocycles. The summed E-state index contributed by atoms with van der Waals surface area (Å²) in [5, 5.41) is 0. The van der Waals surface area contributed by atoms with Crippen molar-refractivity contribution in [2.75, 3.05) is 0 Å². The fourth-order valence-electron chi connectivity index (χ4n) is 1.17. The summed E-state index contributed by atoms with van der Waals surface area (Å²) in [5.74, 6) is 0. The first-order valence-corrected chi connectivity index (χ1v) is 3.78. The Morgan fingerprint density at radius 2 is 2.33 bits per heavy atom. The van der Waals surface area contributed by atoms with E-state index in [-0.39, 0.29) is 0 Å². The smallest absolute Gasteiger partial charge is 0.0927 e. The Morgan fingerprint density at radius 3 is 2.92 bits per heavy atom. The van der Waals surface area contributed by atoms with Gasteiger partial charge in [-0.3, -0.25) is 4.98 Å². The molecule has 60 valence electrons. The van der Waals surface area contributed by atoms with Crippen LogP contribution >= 0.6 is 0 Å². The summed E-state index contributed by atoms with van der Waals surface area (Å²) in [5.41, 5.74) is 3.12. The lowest BCUT2D eigenvalue weighted by molar-refractivity contribution is 1.25. The Bertz CT molecular complexity index is 364. The molecule has 2 heterocycles. The van der Waals surface area contributed by atoms with E-state index in [9.17, 15) is 0 Å². The van der Waals surface area contributed by atoms with Gasteiger partial charge in [0.25, 0.3) is 0 Å². The first-order chi connectivity index (χ1) is 5.88. The fraction of sp³-hybridized carbons (Fsp3) is 0.111. The van der Waals surface area contributed by atoms with Crippen LogP contribution in [0.5, 0.6) is 0 Å². The normalized spacial score (nSPS) is 10.1. The van der Waals surface area contributed by atoms with Crippen molar-refractivity contribution in [3.63, 3.8) is 0 Å². The highest BCUT2D eigenvalue weighted by Crippen LogP contribution is 2.17. The molecule has 3 nitrogen and oxygen atoms in total. The molecule has 0 unspecified atom stereocenters. The highest BCUT2D eigenvalue weighted by molar-refractivity contribution is 5.59. The average molecular weight is 159 g/mol. The largest absolute Gasteiger partial charge is 0.344 e. The highest BCUT2D eigenvalue weighted by atomic mass is 14.9. The van der Waals surface area contributed by atoms with Gasteiger partial charge in [-0.15, -0.1) is 0 Å². The van der Waals surface area contributed by atoms with Crippen LogP contribution in [0.4, 0.5) is 0 Å². The molecule has 0 spiro atoms. The molecular weight excluding hydrogens is 150 g/mol. The molecule has 0 atom stereocenters. The molecule has 2 rings (SSSR count). The second-order valence-electron chi connectivity index (χ2n) is 2.60. The van der Waals surface area contributed by atoms with E-state index in [1.165, 1.54) is 0 Å². The van der Waals surface area contributed by atoms with Crippen LogP contribution in [-0.4, -0.2) is 15.0 Å². The molecule has 0 aliphatic heterocycles. The number of hydrogen-bond donors (Lipinski definition) is 1. The van der Waals surface area contributed by atoms with Gasteiger partial charge in [-0.1, -0.05) is 0 Å². The van der Waals surface area contributed by atoms with Crippen molar-refractivity contribution >= 4 is 0 Å². The monoisotopic (exact) mass is 159 g/mol. The lowest BCUT2D eigenvalue weighted by Crippen LogP contribution is -1.81. The van der Waals surface area contributed by atoms with Crippen LogP contribution in [0.15, 0.2) is 30.9 Å². The summed E-state index contributed by atoms with van der Waals surface area (Å²) in [6.07, 6.45) is 5.27. The number of nitrogens with one attached hydrogen (secondary N) is 1. The summed E-state index contributed by atoms with van der Waals surface area (Å²) in [7, 11) is 0. The summed E-state index contributed by atoms with van der Waals surface area (Å²) in [4.78, 5) is 11.2. The zero-order valence-electron chi connectivity index (χ0n) is 6.78. The van der Waals surface area contributed by atoms with Gasteiger partial charge in [0.05, 0.1) is 17.7 Å². The number of aryl methyl sites for hydroxylation is 1. The second-order valence-corrected chi connectivity index (χ2v) is 2.60. The second kappa shape index (κ2) is 2.77. The first-order valence-electron chi connectivity index (χ1n) is 3.78. The van der Waals surface area contributed by atoms with Crippen LogP contribution < -0.4 is 0 Å². The van der Waals surface area contributed by atoms with Gasteiger partial charge in [0, 0.05) is 18.0 Å². The number of aromatic nitrogens is 3. The minimum Gasteiger partial charge on any atom is -0.344 e. The Kier molecular flexibility index (Phi) is 1.63. The number of pyridine rings is 1. The van der Waals surface area contributed by atoms with Crippen molar-refractivity contribution in [2.45, 2.75) is 6.92 Å². The van der Waals surface area contributed by atoms with Crippen LogP contribution in [0.25, 0.3) is 11.3 Å². The zero-order chi connectivity index (χ0) is 8.39. The van der Waals surface area contributed by atoms with Crippen molar-refractivity contribution in [3.05, 3.63) is 36.5 Å². The van der Waals surface area contributed by atoms with E-state index in [1.807, 2.05) is 25.3 Å². The summed E-state index contributed by atoms with van der Waals surface area (Å²) >= 11 is 0. The van der Waals surface area contributed by atoms with Gasteiger partial charge in [-0.05, 0) is 19.1 Å². The molecule has 3 heteroatoms. The predicted molar refractivity (Wildman–Crippen MR) is 46.6 cm³/mol. The third-order valence-electron chi connectivity index (χ3n) is 1.78. The summed E-state index contributed by atoms with van der Waals surface area (Å²) in [6, 6.07) is 3.92. The molecule has 2 aromatic heterocycles. The minimum absolute atomic E-state index is 1.00. The molecule has 1 N–H and O–H groups in total. The van der Waals surface area contributed by atoms with Crippen molar-refractivity contribution in [1.29, 1.82) is 0 Å². The molecule has 0 fully saturated rings. The quantitative estimate of drug-likeness (QED) is 0.689. The maximum Gasteiger partial charge on any atom is 0.0927 e. The maximum atomic E-state index is 4.11. The molecule has 0 aliphatic rings. The van der Waals surface area contributed by atoms with E-state index in [0.29, 0.717) is 0 Å². The number of nitrogens with zero attached hydrogens (tertiary/aromatic N) is 2. The number of H-pyrrole nitrogens is 1. The van der Waals surface area contributed by atoms with Gasteiger partial charge in [-0.25, -0.2) is 4.98 Å². The Morgan fingerprint density at radius 1 is 1.42 bits per heavy atom. The molecule has 12 heavy (non-hydrogen) atoms. The maximum absolute atomic E-state index is 4.11. The van der Waals surface area contributed by atoms with Gasteiger partial charge < -0.3 is 4.98 Å². The van der Waals surface area contributed by atoms with Crippen LogP contribution in [0.1, 0.15) is 5.69 Å². The zero-order valence-corrected chi connectivity index (χ0v) is 6.78. The van der Waals surface area contributed by atoms with E-state index >= 15 is 0 Å². The third kappa shape index (κ3) is 1.09. The van der Waals surface area contributed by atoms with Crippen molar-refractivity contribution in [2.24, 2.45) is 0 Å². The lowest BCUT2D eigenvalue weighted by atomic mass is 10.2. The highest BCUT2D eigenvalue weighted by Gasteiger charge is 2.01. The summed E-state index contributed by atoms with van der Waals surface area (Å²) < 4.78 is 0. The SMILES string of the molecule is Cc1nc[nH]c1-c1cccnc1. The number of rotatable bonds is 1. The van der Waals surface area contributed by atoms with E-state index in [4.69, 9.17) is 0 Å². The minimum atomic E-state index is 1.00. The molecule has 0 bridgehead atoms. The number of aromatic amines is 1. The average Bonchev–Trinajstić information content (AvgIpc) is 2.53. The van der Waals surface area contributed by atoms with Gasteiger partial charge in [0.2, 0.25) is 0 Å². The number of hydrogen-bond acceptors (Lipinski definition) is 2. The topological polar surface area (TPSA) is 41.6 Å². The standard InChI is InChI=1S/C9H9N3/c1-7-9(12-6-11-7)8-3-2-4-10-5-8/h2-6H,1H3,(H,11,12). The Hall–Kier alpha value is -1.64. The Labute approximate surface area is 70.5 Å². The van der Waals surface area contributed by atoms with Crippen LogP contribution in [0, 0.1) is 6.92 Å². The molecule has 0 radical (unpaired) electrons. The predicted octanol–water partition coefficient (Wildman–Crippen LogP) is 1.78. The third-order valence-corrected chi connectivity index (χ3v) is 1.78. The van der Waals surface area contributed by atoms with E-state index in [2.05, 4.69) is 15.0 Å². The van der Waals surface area contributed by atoms with E-state index < -0.39 is 0 Å². The van der Waals surface area contributed by atoms with Crippen LogP contribution in [-0.2, 0) is 0 Å². The molecule has 0 aromatic carbocycles. The van der Waals surface area contributed by atoms with Crippen molar-refractivity contribution < 1.29 is 0 Å². The van der Waals surface area contributed by atoms with Gasteiger partial charge in [-0.2, -0.15) is 0 Å². The van der Waals surface area contributed by atoms with Gasteiger partial charge in [0.1, 0.15) is 0 Å².